The van der Waals surface area contributed by atoms with Crippen LogP contribution in [-0.2, 0) is 10.0 Å². The molecule has 0 aromatic heterocycles. The maximum Gasteiger partial charge on any atom is 0.267 e. The van der Waals surface area contributed by atoms with Crippen LogP contribution in [0.1, 0.15) is 30.1 Å². The summed E-state index contributed by atoms with van der Waals surface area (Å²) in [6.45, 7) is 1.88. The van der Waals surface area contributed by atoms with Gasteiger partial charge in [-0.1, -0.05) is 13.0 Å². The molecule has 0 aliphatic rings. The highest BCUT2D eigenvalue weighted by molar-refractivity contribution is 7.92. The normalized spacial score (nSPS) is 11.3. The quantitative estimate of drug-likeness (QED) is 0.815. The Bertz CT molecular complexity index is 797. The van der Waals surface area contributed by atoms with E-state index < -0.39 is 26.6 Å². The molecule has 0 unspecified atom stereocenters. The number of carbonyl (C=O) groups is 1. The molecule has 0 atom stereocenters. The molecule has 0 saturated heterocycles. The van der Waals surface area contributed by atoms with E-state index in [0.717, 1.165) is 18.2 Å². The van der Waals surface area contributed by atoms with Crippen molar-refractivity contribution in [2.24, 2.45) is 0 Å². The van der Waals surface area contributed by atoms with Gasteiger partial charge in [-0.05, 0) is 42.8 Å². The number of rotatable bonds is 6. The summed E-state index contributed by atoms with van der Waals surface area (Å²) >= 11 is 0. The van der Waals surface area contributed by atoms with Crippen molar-refractivity contribution < 1.29 is 22.0 Å². The monoisotopic (exact) mass is 339 g/mol. The fourth-order valence-electron chi connectivity index (χ4n) is 2.04. The SMILES string of the molecule is CCCC(=O)c1ccc(NS(=O)(=O)c2c(F)cccc2F)cc1. The van der Waals surface area contributed by atoms with Crippen LogP contribution >= 0.6 is 0 Å². The first-order valence-corrected chi connectivity index (χ1v) is 8.43. The second-order valence-electron chi connectivity index (χ2n) is 4.91. The number of hydrogen-bond acceptors (Lipinski definition) is 3. The van der Waals surface area contributed by atoms with E-state index in [4.69, 9.17) is 0 Å². The molecule has 122 valence electrons. The van der Waals surface area contributed by atoms with Crippen LogP contribution in [-0.4, -0.2) is 14.2 Å². The van der Waals surface area contributed by atoms with E-state index in [1.54, 1.807) is 0 Å². The molecule has 0 aliphatic heterocycles. The van der Waals surface area contributed by atoms with Crippen LogP contribution in [0.15, 0.2) is 47.4 Å². The van der Waals surface area contributed by atoms with Crippen LogP contribution in [0.4, 0.5) is 14.5 Å². The van der Waals surface area contributed by atoms with Crippen LogP contribution in [0.2, 0.25) is 0 Å². The Morgan fingerprint density at radius 3 is 2.13 bits per heavy atom. The van der Waals surface area contributed by atoms with Gasteiger partial charge in [-0.2, -0.15) is 0 Å². The van der Waals surface area contributed by atoms with Gasteiger partial charge in [-0.3, -0.25) is 9.52 Å². The predicted octanol–water partition coefficient (Wildman–Crippen LogP) is 3.75. The average molecular weight is 339 g/mol. The van der Waals surface area contributed by atoms with Crippen LogP contribution in [0, 0.1) is 11.6 Å². The molecule has 2 aromatic carbocycles. The molecule has 2 rings (SSSR count). The van der Waals surface area contributed by atoms with Gasteiger partial charge in [-0.25, -0.2) is 17.2 Å². The minimum absolute atomic E-state index is 0.0537. The van der Waals surface area contributed by atoms with E-state index in [1.165, 1.54) is 24.3 Å². The zero-order valence-corrected chi connectivity index (χ0v) is 13.2. The fraction of sp³-hybridized carbons (Fsp3) is 0.188. The molecule has 0 spiro atoms. The lowest BCUT2D eigenvalue weighted by atomic mass is 10.1. The number of anilines is 1. The molecule has 4 nitrogen and oxygen atoms in total. The van der Waals surface area contributed by atoms with Gasteiger partial charge in [0, 0.05) is 17.7 Å². The van der Waals surface area contributed by atoms with Crippen molar-refractivity contribution in [3.63, 3.8) is 0 Å². The van der Waals surface area contributed by atoms with E-state index >= 15 is 0 Å². The summed E-state index contributed by atoms with van der Waals surface area (Å²) in [5, 5.41) is 0. The first-order chi connectivity index (χ1) is 10.8. The maximum atomic E-state index is 13.6. The summed E-state index contributed by atoms with van der Waals surface area (Å²) in [5.74, 6) is -2.40. The molecular weight excluding hydrogens is 324 g/mol. The molecule has 0 saturated carbocycles. The van der Waals surface area contributed by atoms with Gasteiger partial charge in [0.15, 0.2) is 10.7 Å². The van der Waals surface area contributed by atoms with Crippen molar-refractivity contribution in [1.82, 2.24) is 0 Å². The van der Waals surface area contributed by atoms with Gasteiger partial charge in [0.1, 0.15) is 11.6 Å². The van der Waals surface area contributed by atoms with Crippen LogP contribution in [0.3, 0.4) is 0 Å². The van der Waals surface area contributed by atoms with E-state index in [0.29, 0.717) is 18.4 Å². The molecule has 2 aromatic rings. The summed E-state index contributed by atoms with van der Waals surface area (Å²) in [7, 11) is -4.40. The zero-order valence-electron chi connectivity index (χ0n) is 12.3. The highest BCUT2D eigenvalue weighted by Gasteiger charge is 2.23. The Morgan fingerprint density at radius 2 is 1.61 bits per heavy atom. The number of sulfonamides is 1. The average Bonchev–Trinajstić information content (AvgIpc) is 2.47. The number of Topliss-reactive ketones (excluding diaryl/α,β-unsaturated/α-hetero) is 1. The minimum Gasteiger partial charge on any atom is -0.294 e. The predicted molar refractivity (Wildman–Crippen MR) is 82.8 cm³/mol. The molecule has 0 radical (unpaired) electrons. The van der Waals surface area contributed by atoms with Gasteiger partial charge in [-0.15, -0.1) is 0 Å². The van der Waals surface area contributed by atoms with Crippen LogP contribution in [0.25, 0.3) is 0 Å². The van der Waals surface area contributed by atoms with Gasteiger partial charge >= 0.3 is 0 Å². The Morgan fingerprint density at radius 1 is 1.04 bits per heavy atom. The Labute approximate surface area is 133 Å². The molecule has 23 heavy (non-hydrogen) atoms. The van der Waals surface area contributed by atoms with E-state index in [1.807, 2.05) is 6.92 Å². The lowest BCUT2D eigenvalue weighted by molar-refractivity contribution is 0.0982. The maximum absolute atomic E-state index is 13.6. The third kappa shape index (κ3) is 3.92. The van der Waals surface area contributed by atoms with Crippen molar-refractivity contribution >= 4 is 21.5 Å². The second-order valence-corrected chi connectivity index (χ2v) is 6.53. The second kappa shape index (κ2) is 6.87. The smallest absolute Gasteiger partial charge is 0.267 e. The molecule has 0 amide bonds. The van der Waals surface area contributed by atoms with Crippen LogP contribution < -0.4 is 4.72 Å². The van der Waals surface area contributed by atoms with Gasteiger partial charge in [0.25, 0.3) is 10.0 Å². The summed E-state index contributed by atoms with van der Waals surface area (Å²) in [5.41, 5.74) is 0.563. The topological polar surface area (TPSA) is 63.2 Å². The van der Waals surface area contributed by atoms with Crippen molar-refractivity contribution in [2.75, 3.05) is 4.72 Å². The van der Waals surface area contributed by atoms with Gasteiger partial charge in [0.05, 0.1) is 0 Å². The van der Waals surface area contributed by atoms with Crippen molar-refractivity contribution in [3.05, 3.63) is 59.7 Å². The van der Waals surface area contributed by atoms with Crippen molar-refractivity contribution in [3.8, 4) is 0 Å². The summed E-state index contributed by atoms with van der Waals surface area (Å²) < 4.78 is 53.5. The third-order valence-corrected chi connectivity index (χ3v) is 4.56. The Kier molecular flexibility index (Phi) is 5.10. The summed E-state index contributed by atoms with van der Waals surface area (Å²) in [4.78, 5) is 10.7. The highest BCUT2D eigenvalue weighted by Crippen LogP contribution is 2.22. The van der Waals surface area contributed by atoms with Gasteiger partial charge in [0.2, 0.25) is 0 Å². The van der Waals surface area contributed by atoms with Gasteiger partial charge < -0.3 is 0 Å². The molecule has 0 aliphatic carbocycles. The number of halogens is 2. The standard InChI is InChI=1S/C16H15F2NO3S/c1-2-4-15(20)11-7-9-12(10-8-11)19-23(21,22)16-13(17)5-3-6-14(16)18/h3,5-10,19H,2,4H2,1H3. The number of benzene rings is 2. The lowest BCUT2D eigenvalue weighted by Gasteiger charge is -2.10. The number of hydrogen-bond donors (Lipinski definition) is 1. The zero-order chi connectivity index (χ0) is 17.0. The molecular formula is C16H15F2NO3S. The molecule has 1 N–H and O–H groups in total. The molecule has 7 heteroatoms. The molecule has 0 bridgehead atoms. The van der Waals surface area contributed by atoms with E-state index in [2.05, 4.69) is 4.72 Å². The van der Waals surface area contributed by atoms with Crippen molar-refractivity contribution in [2.45, 2.75) is 24.7 Å². The van der Waals surface area contributed by atoms with E-state index in [9.17, 15) is 22.0 Å². The summed E-state index contributed by atoms with van der Waals surface area (Å²) in [6.07, 6.45) is 1.10. The fourth-order valence-corrected chi connectivity index (χ4v) is 3.24. The van der Waals surface area contributed by atoms with E-state index in [-0.39, 0.29) is 11.5 Å². The largest absolute Gasteiger partial charge is 0.294 e. The first kappa shape index (κ1) is 17.1. The lowest BCUT2D eigenvalue weighted by Crippen LogP contribution is -2.16. The third-order valence-electron chi connectivity index (χ3n) is 3.12. The molecule has 0 heterocycles. The Hall–Kier alpha value is -2.28. The summed E-state index contributed by atoms with van der Waals surface area (Å²) in [6, 6.07) is 8.49. The van der Waals surface area contributed by atoms with Crippen molar-refractivity contribution in [1.29, 1.82) is 0 Å². The minimum atomic E-state index is -4.40. The number of nitrogens with one attached hydrogen (secondary N) is 1. The highest BCUT2D eigenvalue weighted by atomic mass is 32.2. The Balaban J connectivity index is 2.26. The molecule has 0 fully saturated rings. The van der Waals surface area contributed by atoms with Crippen LogP contribution in [0.5, 0.6) is 0 Å². The first-order valence-electron chi connectivity index (χ1n) is 6.95. The number of ketones is 1. The number of carbonyl (C=O) groups excluding carboxylic acids is 1.